The van der Waals surface area contributed by atoms with Crippen molar-refractivity contribution < 1.29 is 9.59 Å². The van der Waals surface area contributed by atoms with Crippen molar-refractivity contribution >= 4 is 68.8 Å². The van der Waals surface area contributed by atoms with Gasteiger partial charge in [0.25, 0.3) is 0 Å². The molecule has 6 nitrogen and oxygen atoms in total. The zero-order valence-corrected chi connectivity index (χ0v) is 37.6. The van der Waals surface area contributed by atoms with Crippen molar-refractivity contribution in [1.29, 1.82) is 0 Å². The Morgan fingerprint density at radius 2 is 0.919 bits per heavy atom. The average molecular weight is 854 g/mol. The number of halogens is 2. The number of aromatic nitrogens is 2. The average Bonchev–Trinajstić information content (AvgIpc) is 3.65. The van der Waals surface area contributed by atoms with Crippen LogP contribution in [-0.2, 0) is 0 Å². The van der Waals surface area contributed by atoms with Crippen molar-refractivity contribution in [3.05, 3.63) is 187 Å². The summed E-state index contributed by atoms with van der Waals surface area (Å²) >= 11 is 12.8. The van der Waals surface area contributed by atoms with Gasteiger partial charge in [-0.2, -0.15) is 0 Å². The van der Waals surface area contributed by atoms with Gasteiger partial charge in [0.1, 0.15) is 5.82 Å². The second-order valence-corrected chi connectivity index (χ2v) is 18.0. The highest BCUT2D eigenvalue weighted by Crippen LogP contribution is 2.55. The Kier molecular flexibility index (Phi) is 10.5. The van der Waals surface area contributed by atoms with Gasteiger partial charge in [0.2, 0.25) is 0 Å². The number of para-hydroxylation sites is 4. The van der Waals surface area contributed by atoms with Crippen LogP contribution in [0.5, 0.6) is 0 Å². The third-order valence-corrected chi connectivity index (χ3v) is 12.5. The Balaban J connectivity index is 1.44. The van der Waals surface area contributed by atoms with Crippen molar-refractivity contribution in [3.8, 4) is 22.3 Å². The van der Waals surface area contributed by atoms with Gasteiger partial charge < -0.3 is 0 Å². The summed E-state index contributed by atoms with van der Waals surface area (Å²) in [5.74, 6) is 1.36. The van der Waals surface area contributed by atoms with Crippen LogP contribution in [0.4, 0.5) is 23.0 Å². The summed E-state index contributed by atoms with van der Waals surface area (Å²) < 4.78 is 0. The largest absolute Gasteiger partial charge is 0.288 e. The molecule has 0 saturated heterocycles. The number of carbonyl (C=O) groups is 2. The molecule has 0 unspecified atom stereocenters. The number of allylic oxidation sites excluding steroid dienone is 3. The highest BCUT2D eigenvalue weighted by atomic mass is 35.5. The number of fused-ring (bicyclic) bond motifs is 3. The molecule has 6 aromatic carbocycles. The van der Waals surface area contributed by atoms with Crippen LogP contribution in [0.15, 0.2) is 133 Å². The lowest BCUT2D eigenvalue weighted by atomic mass is 9.91. The number of benzene rings is 6. The Morgan fingerprint density at radius 3 is 1.35 bits per heavy atom. The molecular formula is C54H46Cl2N4O2. The van der Waals surface area contributed by atoms with Crippen molar-refractivity contribution in [2.45, 2.75) is 67.2 Å². The summed E-state index contributed by atoms with van der Waals surface area (Å²) in [7, 11) is 0. The minimum Gasteiger partial charge on any atom is -0.288 e. The van der Waals surface area contributed by atoms with Crippen LogP contribution in [0.1, 0.15) is 93.6 Å². The molecule has 0 fully saturated rings. The van der Waals surface area contributed by atoms with E-state index in [1.807, 2.05) is 30.3 Å². The van der Waals surface area contributed by atoms with E-state index in [0.29, 0.717) is 17.5 Å². The van der Waals surface area contributed by atoms with Gasteiger partial charge in [-0.25, -0.2) is 9.97 Å². The van der Waals surface area contributed by atoms with Gasteiger partial charge in [-0.3, -0.25) is 19.4 Å². The van der Waals surface area contributed by atoms with Gasteiger partial charge >= 0.3 is 0 Å². The van der Waals surface area contributed by atoms with Crippen molar-refractivity contribution in [2.24, 2.45) is 0 Å². The summed E-state index contributed by atoms with van der Waals surface area (Å²) in [5.41, 5.74) is 14.7. The molecule has 0 N–H and O–H groups in total. The quantitative estimate of drug-likeness (QED) is 0.118. The standard InChI is InChI=1S/C54H46Cl2N4O2/c1-29(2)37-13-11-14-38(30(3)4)49(37)59-48(20-19-41-51(61)42-27-44(55)45(56)28-43(42)52(41)62)60(54-53(59)57-46-17-9-10-18-47(46)58-54)50-39(35-23-31(5)21-32(6)24-35)15-12-16-40(50)36-25-33(7)22-34(8)26-36/h9-30H,1-8H3/b48-20+. The number of Topliss-reactive ketones (excluding diaryl/α,β-unsaturated/α-hetero) is 2. The van der Waals surface area contributed by atoms with Gasteiger partial charge in [0, 0.05) is 22.3 Å². The monoisotopic (exact) mass is 852 g/mol. The summed E-state index contributed by atoms with van der Waals surface area (Å²) in [6.45, 7) is 17.3. The summed E-state index contributed by atoms with van der Waals surface area (Å²) in [6, 6.07) is 37.1. The second kappa shape index (κ2) is 15.8. The molecule has 1 aliphatic heterocycles. The topological polar surface area (TPSA) is 66.4 Å². The molecule has 0 atom stereocenters. The van der Waals surface area contributed by atoms with Gasteiger partial charge in [-0.1, -0.05) is 158 Å². The molecule has 9 rings (SSSR count). The predicted octanol–water partition coefficient (Wildman–Crippen LogP) is 14.9. The lowest BCUT2D eigenvalue weighted by molar-refractivity contribution is 0.0988. The number of aryl methyl sites for hydroxylation is 4. The van der Waals surface area contributed by atoms with Crippen LogP contribution in [0.25, 0.3) is 33.3 Å². The highest BCUT2D eigenvalue weighted by molar-refractivity contribution is 6.45. The van der Waals surface area contributed by atoms with E-state index in [-0.39, 0.29) is 38.6 Å². The van der Waals surface area contributed by atoms with E-state index in [1.54, 1.807) is 6.08 Å². The third-order valence-electron chi connectivity index (χ3n) is 11.7. The lowest BCUT2D eigenvalue weighted by Gasteiger charge is -2.32. The fraction of sp³-hybridized carbons (Fsp3) is 0.185. The molecule has 0 radical (unpaired) electrons. The zero-order chi connectivity index (χ0) is 43.7. The van der Waals surface area contributed by atoms with Gasteiger partial charge in [-0.15, -0.1) is 0 Å². The fourth-order valence-corrected chi connectivity index (χ4v) is 9.42. The smallest absolute Gasteiger partial charge is 0.197 e. The predicted molar refractivity (Wildman–Crippen MR) is 256 cm³/mol. The van der Waals surface area contributed by atoms with E-state index in [0.717, 1.165) is 78.0 Å². The fourth-order valence-electron chi connectivity index (χ4n) is 9.09. The summed E-state index contributed by atoms with van der Waals surface area (Å²) in [4.78, 5) is 43.7. The van der Waals surface area contributed by atoms with Gasteiger partial charge in [0.05, 0.1) is 38.0 Å². The van der Waals surface area contributed by atoms with Crippen molar-refractivity contribution in [1.82, 2.24) is 9.97 Å². The Bertz CT molecular complexity index is 2930. The molecule has 2 aliphatic rings. The summed E-state index contributed by atoms with van der Waals surface area (Å²) in [5, 5.41) is 0.430. The van der Waals surface area contributed by atoms with Crippen LogP contribution in [0.2, 0.25) is 10.0 Å². The van der Waals surface area contributed by atoms with E-state index in [1.165, 1.54) is 12.1 Å². The number of ketones is 2. The van der Waals surface area contributed by atoms with Crippen LogP contribution in [-0.4, -0.2) is 21.5 Å². The van der Waals surface area contributed by atoms with E-state index < -0.39 is 11.6 Å². The SMILES string of the molecule is Cc1cc(C)cc(-c2cccc(-c3cc(C)cc(C)c3)c2N2/C(=C/C=C3C(=O)c4cc(Cl)c(Cl)cc4C3=O)N(c3c(C(C)C)cccc3C(C)C)c3nc4ccccc4nc32)c1. The molecule has 2 heterocycles. The molecule has 62 heavy (non-hydrogen) atoms. The molecule has 8 heteroatoms. The second-order valence-electron chi connectivity index (χ2n) is 17.2. The summed E-state index contributed by atoms with van der Waals surface area (Å²) in [6.07, 6.45) is 3.54. The number of hydrogen-bond acceptors (Lipinski definition) is 6. The van der Waals surface area contributed by atoms with Crippen LogP contribution >= 0.6 is 23.2 Å². The number of rotatable bonds is 7. The molecule has 0 amide bonds. The number of anilines is 4. The Labute approximate surface area is 373 Å². The molecule has 1 aromatic heterocycles. The first-order chi connectivity index (χ1) is 29.7. The third kappa shape index (κ3) is 7.01. The number of carbonyl (C=O) groups excluding carboxylic acids is 2. The Hall–Kier alpha value is -6.34. The molecule has 0 spiro atoms. The minimum atomic E-state index is -0.409. The van der Waals surface area contributed by atoms with Gasteiger partial charge in [0.15, 0.2) is 23.2 Å². The Morgan fingerprint density at radius 1 is 0.500 bits per heavy atom. The molecule has 308 valence electrons. The van der Waals surface area contributed by atoms with Crippen LogP contribution in [0.3, 0.4) is 0 Å². The lowest BCUT2D eigenvalue weighted by Crippen LogP contribution is -2.25. The normalized spacial score (nSPS) is 14.3. The minimum absolute atomic E-state index is 0.0196. The maximum Gasteiger partial charge on any atom is 0.197 e. The maximum absolute atomic E-state index is 14.2. The first-order valence-corrected chi connectivity index (χ1v) is 21.8. The molecule has 7 aromatic rings. The number of nitrogens with zero attached hydrogens (tertiary/aromatic N) is 4. The molecular weight excluding hydrogens is 808 g/mol. The van der Waals surface area contributed by atoms with Crippen LogP contribution in [0, 0.1) is 27.7 Å². The van der Waals surface area contributed by atoms with E-state index in [9.17, 15) is 9.59 Å². The van der Waals surface area contributed by atoms with Gasteiger partial charge in [-0.05, 0) is 98.2 Å². The first-order valence-electron chi connectivity index (χ1n) is 21.0. The molecule has 0 saturated carbocycles. The van der Waals surface area contributed by atoms with Crippen molar-refractivity contribution in [2.75, 3.05) is 9.80 Å². The highest BCUT2D eigenvalue weighted by Gasteiger charge is 2.42. The molecule has 0 bridgehead atoms. The maximum atomic E-state index is 14.2. The van der Waals surface area contributed by atoms with E-state index in [2.05, 4.69) is 138 Å². The molecule has 1 aliphatic carbocycles. The van der Waals surface area contributed by atoms with Crippen LogP contribution < -0.4 is 9.80 Å². The van der Waals surface area contributed by atoms with E-state index in [4.69, 9.17) is 33.2 Å². The number of hydrogen-bond donors (Lipinski definition) is 0. The first kappa shape index (κ1) is 41.0. The zero-order valence-electron chi connectivity index (χ0n) is 36.1. The van der Waals surface area contributed by atoms with E-state index >= 15 is 0 Å². The van der Waals surface area contributed by atoms with Crippen molar-refractivity contribution in [3.63, 3.8) is 0 Å².